The van der Waals surface area contributed by atoms with Gasteiger partial charge in [-0.05, 0) is 37.8 Å². The van der Waals surface area contributed by atoms with Crippen LogP contribution in [0.1, 0.15) is 38.5 Å². The fourth-order valence-corrected chi connectivity index (χ4v) is 4.17. The Labute approximate surface area is 149 Å². The Balaban J connectivity index is 1.34. The van der Waals surface area contributed by atoms with E-state index in [1.165, 1.54) is 18.5 Å². The summed E-state index contributed by atoms with van der Waals surface area (Å²) < 4.78 is 0. The van der Waals surface area contributed by atoms with Crippen LogP contribution in [0.5, 0.6) is 0 Å². The van der Waals surface area contributed by atoms with E-state index in [-0.39, 0.29) is 17.9 Å². The smallest absolute Gasteiger partial charge is 0.238 e. The topological polar surface area (TPSA) is 52.7 Å². The highest BCUT2D eigenvalue weighted by Crippen LogP contribution is 2.48. The molecule has 0 spiro atoms. The van der Waals surface area contributed by atoms with Gasteiger partial charge >= 0.3 is 0 Å². The normalized spacial score (nSPS) is 22.7. The molecule has 25 heavy (non-hydrogen) atoms. The van der Waals surface area contributed by atoms with Gasteiger partial charge in [-0.25, -0.2) is 0 Å². The molecule has 2 amide bonds. The summed E-state index contributed by atoms with van der Waals surface area (Å²) in [5, 5.41) is 3.14. The molecule has 1 aliphatic heterocycles. The molecule has 0 bridgehead atoms. The Morgan fingerprint density at radius 1 is 0.960 bits per heavy atom. The Morgan fingerprint density at radius 3 is 2.20 bits per heavy atom. The quantitative estimate of drug-likeness (QED) is 0.854. The molecular weight excluding hydrogens is 314 g/mol. The number of piperazine rings is 1. The number of rotatable bonds is 4. The van der Waals surface area contributed by atoms with E-state index in [1.54, 1.807) is 0 Å². The maximum atomic E-state index is 13.0. The second-order valence-corrected chi connectivity index (χ2v) is 7.65. The zero-order chi connectivity index (χ0) is 17.3. The molecule has 5 nitrogen and oxygen atoms in total. The van der Waals surface area contributed by atoms with Crippen LogP contribution in [0.15, 0.2) is 30.3 Å². The van der Waals surface area contributed by atoms with Crippen LogP contribution in [-0.4, -0.2) is 48.9 Å². The molecule has 0 radical (unpaired) electrons. The van der Waals surface area contributed by atoms with Gasteiger partial charge in [-0.1, -0.05) is 31.0 Å². The molecule has 3 fully saturated rings. The van der Waals surface area contributed by atoms with Gasteiger partial charge in [0.2, 0.25) is 11.8 Å². The van der Waals surface area contributed by atoms with Crippen LogP contribution < -0.4 is 10.2 Å². The monoisotopic (exact) mass is 341 g/mol. The summed E-state index contributed by atoms with van der Waals surface area (Å²) in [7, 11) is 0. The number of nitrogens with zero attached hydrogens (tertiary/aromatic N) is 2. The predicted molar refractivity (Wildman–Crippen MR) is 97.3 cm³/mol. The van der Waals surface area contributed by atoms with E-state index in [1.807, 2.05) is 23.1 Å². The highest BCUT2D eigenvalue weighted by atomic mass is 16.2. The van der Waals surface area contributed by atoms with Gasteiger partial charge in [-0.15, -0.1) is 0 Å². The van der Waals surface area contributed by atoms with E-state index in [0.717, 1.165) is 25.9 Å². The summed E-state index contributed by atoms with van der Waals surface area (Å²) in [6.07, 6.45) is 5.92. The zero-order valence-corrected chi connectivity index (χ0v) is 14.7. The van der Waals surface area contributed by atoms with Crippen molar-refractivity contribution in [2.75, 3.05) is 31.1 Å². The first-order valence-corrected chi connectivity index (χ1v) is 9.59. The molecule has 0 unspecified atom stereocenters. The van der Waals surface area contributed by atoms with Crippen molar-refractivity contribution >= 4 is 17.5 Å². The third kappa shape index (κ3) is 3.24. The molecule has 1 aromatic carbocycles. The summed E-state index contributed by atoms with van der Waals surface area (Å²) in [5.41, 5.74) is 0.451. The molecule has 3 aliphatic rings. The van der Waals surface area contributed by atoms with Crippen molar-refractivity contribution in [3.8, 4) is 0 Å². The third-order valence-corrected chi connectivity index (χ3v) is 5.97. The van der Waals surface area contributed by atoms with E-state index >= 15 is 0 Å². The number of para-hydroxylation sites is 1. The third-order valence-electron chi connectivity index (χ3n) is 5.97. The minimum atomic E-state index is -0.752. The Hall–Kier alpha value is -2.04. The van der Waals surface area contributed by atoms with Gasteiger partial charge in [0.05, 0.1) is 0 Å². The lowest BCUT2D eigenvalue weighted by atomic mass is 10.0. The molecule has 0 aromatic heterocycles. The fourth-order valence-electron chi connectivity index (χ4n) is 4.17. The first kappa shape index (κ1) is 16.4. The van der Waals surface area contributed by atoms with E-state index in [9.17, 15) is 9.59 Å². The number of hydrogen-bond donors (Lipinski definition) is 1. The number of nitrogens with one attached hydrogen (secondary N) is 1. The lowest BCUT2D eigenvalue weighted by molar-refractivity contribution is -0.144. The molecule has 134 valence electrons. The van der Waals surface area contributed by atoms with Crippen molar-refractivity contribution in [2.45, 2.75) is 44.6 Å². The standard InChI is InChI=1S/C20H27N3O2/c24-18(21-16-6-4-5-7-16)20(10-11-20)19(25)23-14-12-22(13-15-23)17-8-2-1-3-9-17/h1-3,8-9,16H,4-7,10-15H2,(H,21,24). The van der Waals surface area contributed by atoms with Crippen molar-refractivity contribution < 1.29 is 9.59 Å². The Morgan fingerprint density at radius 2 is 1.60 bits per heavy atom. The maximum Gasteiger partial charge on any atom is 0.238 e. The van der Waals surface area contributed by atoms with E-state index in [0.29, 0.717) is 25.9 Å². The van der Waals surface area contributed by atoms with Gasteiger partial charge in [0.25, 0.3) is 0 Å². The summed E-state index contributed by atoms with van der Waals surface area (Å²) in [6, 6.07) is 10.6. The predicted octanol–water partition coefficient (Wildman–Crippen LogP) is 2.17. The minimum Gasteiger partial charge on any atom is -0.368 e. The van der Waals surface area contributed by atoms with Gasteiger partial charge in [0, 0.05) is 37.9 Å². The van der Waals surface area contributed by atoms with Gasteiger partial charge in [-0.3, -0.25) is 9.59 Å². The molecule has 4 rings (SSSR count). The van der Waals surface area contributed by atoms with Crippen molar-refractivity contribution in [2.24, 2.45) is 5.41 Å². The number of benzene rings is 1. The van der Waals surface area contributed by atoms with E-state index in [2.05, 4.69) is 22.3 Å². The Kier molecular flexibility index (Phi) is 4.40. The molecule has 1 aromatic rings. The molecule has 2 aliphatic carbocycles. The van der Waals surface area contributed by atoms with Crippen LogP contribution >= 0.6 is 0 Å². The van der Waals surface area contributed by atoms with Crippen molar-refractivity contribution in [3.63, 3.8) is 0 Å². The number of hydrogen-bond acceptors (Lipinski definition) is 3. The largest absolute Gasteiger partial charge is 0.368 e. The second kappa shape index (κ2) is 6.70. The van der Waals surface area contributed by atoms with Crippen LogP contribution in [0, 0.1) is 5.41 Å². The van der Waals surface area contributed by atoms with Gasteiger partial charge < -0.3 is 15.1 Å². The van der Waals surface area contributed by atoms with Gasteiger partial charge in [0.15, 0.2) is 0 Å². The average Bonchev–Trinajstić information content (AvgIpc) is 3.33. The number of anilines is 1. The summed E-state index contributed by atoms with van der Waals surface area (Å²) >= 11 is 0. The maximum absolute atomic E-state index is 13.0. The first-order chi connectivity index (χ1) is 12.2. The molecule has 1 heterocycles. The van der Waals surface area contributed by atoms with Gasteiger partial charge in [-0.2, -0.15) is 0 Å². The second-order valence-electron chi connectivity index (χ2n) is 7.65. The number of carbonyl (C=O) groups is 2. The van der Waals surface area contributed by atoms with Crippen LogP contribution in [0.3, 0.4) is 0 Å². The molecule has 1 N–H and O–H groups in total. The van der Waals surface area contributed by atoms with Crippen molar-refractivity contribution in [1.82, 2.24) is 10.2 Å². The summed E-state index contributed by atoms with van der Waals surface area (Å²) in [4.78, 5) is 29.9. The van der Waals surface area contributed by atoms with Crippen molar-refractivity contribution in [1.29, 1.82) is 0 Å². The van der Waals surface area contributed by atoms with Crippen LogP contribution in [0.4, 0.5) is 5.69 Å². The molecular formula is C20H27N3O2. The van der Waals surface area contributed by atoms with E-state index < -0.39 is 5.41 Å². The molecule has 1 saturated heterocycles. The first-order valence-electron chi connectivity index (χ1n) is 9.59. The SMILES string of the molecule is O=C(NC1CCCC1)C1(C(=O)N2CCN(c3ccccc3)CC2)CC1. The number of amides is 2. The van der Waals surface area contributed by atoms with Crippen LogP contribution in [0.2, 0.25) is 0 Å². The molecule has 0 atom stereocenters. The lowest BCUT2D eigenvalue weighted by Gasteiger charge is -2.37. The van der Waals surface area contributed by atoms with Crippen LogP contribution in [-0.2, 0) is 9.59 Å². The van der Waals surface area contributed by atoms with Crippen molar-refractivity contribution in [3.05, 3.63) is 30.3 Å². The molecule has 2 saturated carbocycles. The summed E-state index contributed by atoms with van der Waals surface area (Å²) in [6.45, 7) is 3.06. The minimum absolute atomic E-state index is 0.0186. The highest BCUT2D eigenvalue weighted by molar-refractivity contribution is 6.08. The van der Waals surface area contributed by atoms with E-state index in [4.69, 9.17) is 0 Å². The Bertz CT molecular complexity index is 628. The average molecular weight is 341 g/mol. The van der Waals surface area contributed by atoms with Crippen LogP contribution in [0.25, 0.3) is 0 Å². The zero-order valence-electron chi connectivity index (χ0n) is 14.7. The number of carbonyl (C=O) groups excluding carboxylic acids is 2. The van der Waals surface area contributed by atoms with Gasteiger partial charge in [0.1, 0.15) is 5.41 Å². The molecule has 5 heteroatoms. The lowest BCUT2D eigenvalue weighted by Crippen LogP contribution is -2.54. The fraction of sp³-hybridized carbons (Fsp3) is 0.600. The highest BCUT2D eigenvalue weighted by Gasteiger charge is 2.58. The summed E-state index contributed by atoms with van der Waals surface area (Å²) in [5.74, 6) is 0.0330.